The van der Waals surface area contributed by atoms with Crippen LogP contribution in [0.3, 0.4) is 0 Å². The van der Waals surface area contributed by atoms with E-state index in [-0.39, 0.29) is 30.3 Å². The molecular formula is C21H26Cl2N4O3. The average Bonchev–Trinajstić information content (AvgIpc) is 2.73. The van der Waals surface area contributed by atoms with Crippen LogP contribution < -0.4 is 20.3 Å². The van der Waals surface area contributed by atoms with Gasteiger partial charge in [-0.1, -0.05) is 25.4 Å². The van der Waals surface area contributed by atoms with Crippen LogP contribution in [0.25, 0.3) is 0 Å². The number of hydrogen-bond donors (Lipinski definition) is 2. The Balaban J connectivity index is 0.00000320. The lowest BCUT2D eigenvalue weighted by atomic mass is 9.93. The molecule has 1 aromatic heterocycles. The molecule has 2 heterocycles. The van der Waals surface area contributed by atoms with Gasteiger partial charge in [-0.3, -0.25) is 14.5 Å². The van der Waals surface area contributed by atoms with E-state index in [1.165, 1.54) is 0 Å². The van der Waals surface area contributed by atoms with Gasteiger partial charge in [-0.2, -0.15) is 4.98 Å². The zero-order valence-electron chi connectivity index (χ0n) is 17.4. The highest BCUT2D eigenvalue weighted by Gasteiger charge is 2.47. The number of hydrogen-bond acceptors (Lipinski definition) is 5. The number of nitrogens with zero attached hydrogens (tertiary/aromatic N) is 2. The summed E-state index contributed by atoms with van der Waals surface area (Å²) in [4.78, 5) is 31.7. The third-order valence-corrected chi connectivity index (χ3v) is 5.52. The van der Waals surface area contributed by atoms with E-state index in [1.54, 1.807) is 55.3 Å². The van der Waals surface area contributed by atoms with Gasteiger partial charge in [0, 0.05) is 10.7 Å². The quantitative estimate of drug-likeness (QED) is 0.681. The van der Waals surface area contributed by atoms with Gasteiger partial charge in [0.15, 0.2) is 5.60 Å². The van der Waals surface area contributed by atoms with Crippen LogP contribution in [-0.2, 0) is 9.59 Å². The molecule has 3 rings (SSSR count). The van der Waals surface area contributed by atoms with Crippen molar-refractivity contribution in [2.24, 2.45) is 0 Å². The van der Waals surface area contributed by atoms with Gasteiger partial charge in [-0.15, -0.1) is 12.4 Å². The van der Waals surface area contributed by atoms with Crippen molar-refractivity contribution in [3.63, 3.8) is 0 Å². The van der Waals surface area contributed by atoms with Crippen molar-refractivity contribution < 1.29 is 14.3 Å². The van der Waals surface area contributed by atoms with Gasteiger partial charge in [-0.05, 0) is 63.2 Å². The number of amides is 2. The van der Waals surface area contributed by atoms with E-state index in [1.807, 2.05) is 13.8 Å². The number of fused-ring (bicyclic) bond motifs is 1. The summed E-state index contributed by atoms with van der Waals surface area (Å²) in [6, 6.07) is 10.1. The smallest absolute Gasteiger partial charge is 0.275 e. The molecule has 0 saturated carbocycles. The molecule has 0 unspecified atom stereocenters. The molecule has 0 aliphatic carbocycles. The molecule has 0 fully saturated rings. The van der Waals surface area contributed by atoms with Gasteiger partial charge in [0.2, 0.25) is 11.8 Å². The molecule has 30 heavy (non-hydrogen) atoms. The number of ether oxygens (including phenoxy) is 1. The number of pyridine rings is 1. The van der Waals surface area contributed by atoms with Crippen LogP contribution in [0.4, 0.5) is 17.2 Å². The Morgan fingerprint density at radius 3 is 2.40 bits per heavy atom. The molecule has 0 spiro atoms. The van der Waals surface area contributed by atoms with Crippen LogP contribution in [0.15, 0.2) is 36.4 Å². The molecule has 2 amide bonds. The molecule has 9 heteroatoms. The van der Waals surface area contributed by atoms with E-state index in [9.17, 15) is 9.59 Å². The molecule has 0 saturated heterocycles. The van der Waals surface area contributed by atoms with E-state index < -0.39 is 5.60 Å². The van der Waals surface area contributed by atoms with E-state index in [0.717, 1.165) is 0 Å². The van der Waals surface area contributed by atoms with Crippen LogP contribution in [0, 0.1) is 0 Å². The summed E-state index contributed by atoms with van der Waals surface area (Å²) in [6.45, 7) is 5.57. The zero-order valence-corrected chi connectivity index (χ0v) is 18.9. The predicted octanol–water partition coefficient (Wildman–Crippen LogP) is 4.32. The summed E-state index contributed by atoms with van der Waals surface area (Å²) in [7, 11) is 1.71. The number of benzene rings is 1. The van der Waals surface area contributed by atoms with Crippen molar-refractivity contribution in [3.8, 4) is 5.88 Å². The molecule has 0 bridgehead atoms. The molecular weight excluding hydrogens is 427 g/mol. The van der Waals surface area contributed by atoms with Crippen molar-refractivity contribution in [2.45, 2.75) is 45.3 Å². The fourth-order valence-electron chi connectivity index (χ4n) is 3.20. The number of rotatable bonds is 6. The lowest BCUT2D eigenvalue weighted by Crippen LogP contribution is -2.54. The first-order chi connectivity index (χ1) is 13.8. The van der Waals surface area contributed by atoms with Crippen LogP contribution in [0.1, 0.15) is 33.6 Å². The Bertz CT molecular complexity index is 917. The molecule has 1 aromatic carbocycles. The van der Waals surface area contributed by atoms with Crippen LogP contribution in [0.5, 0.6) is 5.88 Å². The third kappa shape index (κ3) is 4.38. The van der Waals surface area contributed by atoms with Crippen molar-refractivity contribution in [1.82, 2.24) is 10.3 Å². The van der Waals surface area contributed by atoms with Crippen molar-refractivity contribution >= 4 is 53.0 Å². The number of carbonyl (C=O) groups is 2. The lowest BCUT2D eigenvalue weighted by molar-refractivity contribution is -0.135. The minimum atomic E-state index is -1.03. The first-order valence-electron chi connectivity index (χ1n) is 9.63. The average molecular weight is 453 g/mol. The normalized spacial score (nSPS) is 15.5. The third-order valence-electron chi connectivity index (χ3n) is 5.27. The molecule has 162 valence electrons. The second-order valence-corrected chi connectivity index (χ2v) is 7.38. The van der Waals surface area contributed by atoms with Crippen LogP contribution >= 0.6 is 24.0 Å². The maximum Gasteiger partial charge on any atom is 0.275 e. The minimum Gasteiger partial charge on any atom is -0.459 e. The first-order valence-corrected chi connectivity index (χ1v) is 10.0. The highest BCUT2D eigenvalue weighted by atomic mass is 35.5. The number of likely N-dealkylation sites (N-methyl/N-ethyl adjacent to an activating group) is 1. The Hall–Kier alpha value is -2.35. The van der Waals surface area contributed by atoms with E-state index >= 15 is 0 Å². The maximum absolute atomic E-state index is 13.4. The summed E-state index contributed by atoms with van der Waals surface area (Å²) >= 11 is 6.02. The topological polar surface area (TPSA) is 83.6 Å². The Morgan fingerprint density at radius 2 is 1.83 bits per heavy atom. The van der Waals surface area contributed by atoms with Gasteiger partial charge >= 0.3 is 0 Å². The minimum absolute atomic E-state index is 0. The molecule has 1 aliphatic heterocycles. The summed E-state index contributed by atoms with van der Waals surface area (Å²) < 4.78 is 6.12. The van der Waals surface area contributed by atoms with Gasteiger partial charge < -0.3 is 15.4 Å². The second kappa shape index (κ2) is 9.64. The van der Waals surface area contributed by atoms with Crippen molar-refractivity contribution in [3.05, 3.63) is 41.4 Å². The van der Waals surface area contributed by atoms with Gasteiger partial charge in [0.25, 0.3) is 5.91 Å². The molecule has 2 aromatic rings. The van der Waals surface area contributed by atoms with E-state index in [0.29, 0.717) is 40.9 Å². The summed E-state index contributed by atoms with van der Waals surface area (Å²) in [5.41, 5.74) is 0.174. The molecule has 0 radical (unpaired) electrons. The lowest BCUT2D eigenvalue weighted by Gasteiger charge is -2.41. The zero-order chi connectivity index (χ0) is 21.2. The standard InChI is InChI=1S/C21H25ClN4O3.ClH/c1-5-21(6-2)20(28)26(15-9-7-14(22)8-10-15)16-11-12-17(25-19(16)29-21)24-18(27)13(3)23-4;/h7-13,23H,5-6H2,1-4H3,(H,24,25,27);1H/t13-;/m0./s1. The number of carbonyl (C=O) groups excluding carboxylic acids is 2. The molecule has 2 N–H and O–H groups in total. The maximum atomic E-state index is 13.4. The monoisotopic (exact) mass is 452 g/mol. The number of nitrogens with one attached hydrogen (secondary N) is 2. The second-order valence-electron chi connectivity index (χ2n) is 6.94. The molecule has 7 nitrogen and oxygen atoms in total. The van der Waals surface area contributed by atoms with Gasteiger partial charge in [-0.25, -0.2) is 0 Å². The first kappa shape index (κ1) is 23.9. The van der Waals surface area contributed by atoms with Crippen LogP contribution in [0.2, 0.25) is 5.02 Å². The predicted molar refractivity (Wildman–Crippen MR) is 121 cm³/mol. The van der Waals surface area contributed by atoms with Gasteiger partial charge in [0.1, 0.15) is 11.5 Å². The Labute approximate surface area is 187 Å². The van der Waals surface area contributed by atoms with Gasteiger partial charge in [0.05, 0.1) is 6.04 Å². The Morgan fingerprint density at radius 1 is 1.20 bits per heavy atom. The number of anilines is 3. The summed E-state index contributed by atoms with van der Waals surface area (Å²) in [6.07, 6.45) is 0.974. The van der Waals surface area contributed by atoms with Crippen molar-refractivity contribution in [2.75, 3.05) is 17.3 Å². The SMILES string of the molecule is CCC1(CC)Oc2nc(NC(=O)[C@H](C)NC)ccc2N(c2ccc(Cl)cc2)C1=O.Cl. The van der Waals surface area contributed by atoms with E-state index in [4.69, 9.17) is 16.3 Å². The number of aromatic nitrogens is 1. The van der Waals surface area contributed by atoms with E-state index in [2.05, 4.69) is 15.6 Å². The molecule has 1 atom stereocenters. The Kier molecular flexibility index (Phi) is 7.69. The van der Waals surface area contributed by atoms with Crippen LogP contribution in [-0.4, -0.2) is 35.5 Å². The number of halogens is 2. The fourth-order valence-corrected chi connectivity index (χ4v) is 3.32. The fraction of sp³-hybridized carbons (Fsp3) is 0.381. The summed E-state index contributed by atoms with van der Waals surface area (Å²) in [5.74, 6) is 0.305. The van der Waals surface area contributed by atoms with Crippen molar-refractivity contribution in [1.29, 1.82) is 0 Å². The largest absolute Gasteiger partial charge is 0.459 e. The molecule has 1 aliphatic rings. The summed E-state index contributed by atoms with van der Waals surface area (Å²) in [5, 5.41) is 6.23. The highest BCUT2D eigenvalue weighted by molar-refractivity contribution is 6.30. The highest BCUT2D eigenvalue weighted by Crippen LogP contribution is 2.43.